The van der Waals surface area contributed by atoms with Gasteiger partial charge in [-0.25, -0.2) is 18.2 Å². The van der Waals surface area contributed by atoms with Gasteiger partial charge < -0.3 is 10.4 Å². The lowest BCUT2D eigenvalue weighted by atomic mass is 9.93. The highest BCUT2D eigenvalue weighted by Crippen LogP contribution is 2.32. The summed E-state index contributed by atoms with van der Waals surface area (Å²) in [5, 5.41) is 13.5. The van der Waals surface area contributed by atoms with Crippen molar-refractivity contribution in [2.24, 2.45) is 0 Å². The van der Waals surface area contributed by atoms with Crippen LogP contribution in [0.15, 0.2) is 53.3 Å². The molecule has 180 valence electrons. The van der Waals surface area contributed by atoms with Crippen LogP contribution < -0.4 is 10.9 Å². The SMILES string of the molecule is Cc1cc(F)ccc1-c1nc(NC2CCC(O)CC2)nc2c1ccc(=O)n2-c1c(F)cccc1F. The average Bonchev–Trinajstić information content (AvgIpc) is 2.81. The topological polar surface area (TPSA) is 80.0 Å². The second kappa shape index (κ2) is 9.14. The zero-order valence-electron chi connectivity index (χ0n) is 18.9. The van der Waals surface area contributed by atoms with E-state index in [1.807, 2.05) is 0 Å². The molecular weight excluding hydrogens is 457 g/mol. The summed E-state index contributed by atoms with van der Waals surface area (Å²) in [6.07, 6.45) is 2.28. The molecule has 35 heavy (non-hydrogen) atoms. The Morgan fingerprint density at radius 1 is 0.971 bits per heavy atom. The molecule has 2 aromatic heterocycles. The van der Waals surface area contributed by atoms with Crippen molar-refractivity contribution in [2.45, 2.75) is 44.8 Å². The molecule has 4 aromatic rings. The lowest BCUT2D eigenvalue weighted by Gasteiger charge is -2.26. The number of nitrogens with one attached hydrogen (secondary N) is 1. The summed E-state index contributed by atoms with van der Waals surface area (Å²) < 4.78 is 44.3. The Hall–Kier alpha value is -3.72. The van der Waals surface area contributed by atoms with Gasteiger partial charge in [-0.2, -0.15) is 4.98 Å². The second-order valence-electron chi connectivity index (χ2n) is 8.82. The molecule has 1 saturated carbocycles. The number of pyridine rings is 1. The van der Waals surface area contributed by atoms with Gasteiger partial charge in [-0.1, -0.05) is 6.07 Å². The zero-order valence-corrected chi connectivity index (χ0v) is 18.9. The maximum atomic E-state index is 14.8. The molecule has 9 heteroatoms. The Balaban J connectivity index is 1.77. The van der Waals surface area contributed by atoms with E-state index in [1.165, 1.54) is 30.3 Å². The zero-order chi connectivity index (χ0) is 24.7. The molecular formula is C26H23F3N4O2. The monoisotopic (exact) mass is 480 g/mol. The minimum Gasteiger partial charge on any atom is -0.393 e. The lowest BCUT2D eigenvalue weighted by molar-refractivity contribution is 0.126. The number of hydrogen-bond acceptors (Lipinski definition) is 5. The first kappa shape index (κ1) is 23.0. The van der Waals surface area contributed by atoms with Gasteiger partial charge in [0.1, 0.15) is 23.1 Å². The summed E-state index contributed by atoms with van der Waals surface area (Å²) in [7, 11) is 0. The highest BCUT2D eigenvalue weighted by molar-refractivity contribution is 5.93. The van der Waals surface area contributed by atoms with Crippen molar-refractivity contribution in [1.29, 1.82) is 0 Å². The van der Waals surface area contributed by atoms with Gasteiger partial charge in [-0.3, -0.25) is 9.36 Å². The van der Waals surface area contributed by atoms with Crippen LogP contribution >= 0.6 is 0 Å². The van der Waals surface area contributed by atoms with Crippen molar-refractivity contribution < 1.29 is 18.3 Å². The maximum Gasteiger partial charge on any atom is 0.256 e. The summed E-state index contributed by atoms with van der Waals surface area (Å²) in [4.78, 5) is 22.1. The van der Waals surface area contributed by atoms with Crippen LogP contribution in [0.25, 0.3) is 28.0 Å². The Labute approximate surface area is 199 Å². The molecule has 0 radical (unpaired) electrons. The lowest BCUT2D eigenvalue weighted by Crippen LogP contribution is -2.29. The second-order valence-corrected chi connectivity index (χ2v) is 8.82. The van der Waals surface area contributed by atoms with Crippen molar-refractivity contribution in [1.82, 2.24) is 14.5 Å². The van der Waals surface area contributed by atoms with Crippen LogP contribution in [-0.2, 0) is 0 Å². The number of fused-ring (bicyclic) bond motifs is 1. The molecule has 2 N–H and O–H groups in total. The number of aliphatic hydroxyl groups excluding tert-OH is 1. The normalized spacial score (nSPS) is 18.1. The van der Waals surface area contributed by atoms with Gasteiger partial charge in [0.05, 0.1) is 11.8 Å². The number of anilines is 1. The van der Waals surface area contributed by atoms with Gasteiger partial charge in [0, 0.05) is 23.1 Å². The van der Waals surface area contributed by atoms with Gasteiger partial charge in [0.15, 0.2) is 5.65 Å². The molecule has 5 rings (SSSR count). The molecule has 0 atom stereocenters. The molecule has 1 aliphatic rings. The Morgan fingerprint density at radius 3 is 2.37 bits per heavy atom. The summed E-state index contributed by atoms with van der Waals surface area (Å²) in [5.74, 6) is -2.05. The Bertz CT molecular complexity index is 1460. The van der Waals surface area contributed by atoms with E-state index in [4.69, 9.17) is 0 Å². The van der Waals surface area contributed by atoms with Crippen LogP contribution in [-0.4, -0.2) is 31.8 Å². The number of halogens is 3. The van der Waals surface area contributed by atoms with Crippen LogP contribution in [0.2, 0.25) is 0 Å². The van der Waals surface area contributed by atoms with E-state index in [0.717, 1.165) is 16.7 Å². The fraction of sp³-hybridized carbons (Fsp3) is 0.269. The van der Waals surface area contributed by atoms with Crippen molar-refractivity contribution >= 4 is 17.0 Å². The third-order valence-corrected chi connectivity index (χ3v) is 6.38. The number of aromatic nitrogens is 3. The van der Waals surface area contributed by atoms with Crippen LogP contribution in [0.1, 0.15) is 31.2 Å². The number of nitrogens with zero attached hydrogens (tertiary/aromatic N) is 3. The minimum atomic E-state index is -0.909. The van der Waals surface area contributed by atoms with Crippen LogP contribution in [0, 0.1) is 24.4 Å². The highest BCUT2D eigenvalue weighted by Gasteiger charge is 2.23. The Kier molecular flexibility index (Phi) is 6.02. The predicted molar refractivity (Wildman–Crippen MR) is 127 cm³/mol. The first-order valence-corrected chi connectivity index (χ1v) is 11.4. The van der Waals surface area contributed by atoms with Gasteiger partial charge in [-0.15, -0.1) is 0 Å². The molecule has 6 nitrogen and oxygen atoms in total. The summed E-state index contributed by atoms with van der Waals surface area (Å²) in [6.45, 7) is 1.73. The minimum absolute atomic E-state index is 0.0212. The number of benzene rings is 2. The third kappa shape index (κ3) is 4.39. The van der Waals surface area contributed by atoms with Crippen molar-refractivity contribution in [3.63, 3.8) is 0 Å². The standard InChI is InChI=1S/C26H23F3N4O2/c1-14-13-15(27)5-10-18(14)23-19-11-12-22(35)33(24-20(28)3-2-4-21(24)29)25(19)32-26(31-23)30-16-6-8-17(34)9-7-16/h2-5,10-13,16-17,34H,6-9H2,1H3,(H,30,31,32). The molecule has 0 saturated heterocycles. The van der Waals surface area contributed by atoms with Crippen LogP contribution in [0.3, 0.4) is 0 Å². The average molecular weight is 480 g/mol. The summed E-state index contributed by atoms with van der Waals surface area (Å²) in [5.41, 5.74) is 0.431. The van der Waals surface area contributed by atoms with E-state index in [9.17, 15) is 23.1 Å². The van der Waals surface area contributed by atoms with E-state index in [1.54, 1.807) is 13.0 Å². The van der Waals surface area contributed by atoms with E-state index >= 15 is 0 Å². The first-order valence-electron chi connectivity index (χ1n) is 11.4. The van der Waals surface area contributed by atoms with Crippen molar-refractivity contribution in [2.75, 3.05) is 5.32 Å². The Morgan fingerprint density at radius 2 is 1.69 bits per heavy atom. The molecule has 0 aliphatic heterocycles. The third-order valence-electron chi connectivity index (χ3n) is 6.38. The summed E-state index contributed by atoms with van der Waals surface area (Å²) >= 11 is 0. The van der Waals surface area contributed by atoms with Gasteiger partial charge in [0.2, 0.25) is 5.95 Å². The number of para-hydroxylation sites is 1. The van der Waals surface area contributed by atoms with Gasteiger partial charge in [-0.05, 0) is 74.6 Å². The van der Waals surface area contributed by atoms with E-state index < -0.39 is 28.7 Å². The van der Waals surface area contributed by atoms with Gasteiger partial charge >= 0.3 is 0 Å². The highest BCUT2D eigenvalue weighted by atomic mass is 19.1. The quantitative estimate of drug-likeness (QED) is 0.435. The fourth-order valence-corrected chi connectivity index (χ4v) is 4.60. The fourth-order valence-electron chi connectivity index (χ4n) is 4.60. The number of aliphatic hydroxyl groups is 1. The number of hydrogen-bond donors (Lipinski definition) is 2. The molecule has 1 fully saturated rings. The molecule has 2 heterocycles. The molecule has 0 spiro atoms. The van der Waals surface area contributed by atoms with E-state index in [2.05, 4.69) is 15.3 Å². The molecule has 0 bridgehead atoms. The van der Waals surface area contributed by atoms with E-state index in [-0.39, 0.29) is 23.7 Å². The number of aryl methyl sites for hydroxylation is 1. The van der Waals surface area contributed by atoms with Crippen molar-refractivity contribution in [3.8, 4) is 16.9 Å². The van der Waals surface area contributed by atoms with Crippen molar-refractivity contribution in [3.05, 3.63) is 81.9 Å². The molecule has 2 aromatic carbocycles. The molecule has 0 unspecified atom stereocenters. The number of rotatable bonds is 4. The van der Waals surface area contributed by atoms with Gasteiger partial charge in [0.25, 0.3) is 5.56 Å². The molecule has 0 amide bonds. The largest absolute Gasteiger partial charge is 0.393 e. The van der Waals surface area contributed by atoms with Crippen LogP contribution in [0.5, 0.6) is 0 Å². The summed E-state index contributed by atoms with van der Waals surface area (Å²) in [6, 6.07) is 10.3. The van der Waals surface area contributed by atoms with E-state index in [0.29, 0.717) is 47.9 Å². The van der Waals surface area contributed by atoms with Crippen LogP contribution in [0.4, 0.5) is 19.1 Å². The smallest absolute Gasteiger partial charge is 0.256 e. The molecule has 1 aliphatic carbocycles. The first-order chi connectivity index (χ1) is 16.8. The maximum absolute atomic E-state index is 14.8. The predicted octanol–water partition coefficient (Wildman–Crippen LogP) is 4.89.